The largest absolute Gasteiger partial charge is 0.452 e. The highest BCUT2D eigenvalue weighted by molar-refractivity contribution is 7.89. The number of sulfonamides is 1. The molecule has 1 amide bonds. The van der Waals surface area contributed by atoms with Gasteiger partial charge in [-0.25, -0.2) is 8.42 Å². The molecule has 154 valence electrons. The van der Waals surface area contributed by atoms with Gasteiger partial charge in [-0.3, -0.25) is 14.4 Å². The minimum absolute atomic E-state index is 0.0612. The number of benzene rings is 1. The first-order valence-corrected chi connectivity index (χ1v) is 10.7. The van der Waals surface area contributed by atoms with Gasteiger partial charge in [-0.1, -0.05) is 12.1 Å². The molecule has 0 spiro atoms. The molecule has 1 aliphatic heterocycles. The van der Waals surface area contributed by atoms with Crippen LogP contribution in [-0.2, 0) is 24.3 Å². The summed E-state index contributed by atoms with van der Waals surface area (Å²) >= 11 is 0. The summed E-state index contributed by atoms with van der Waals surface area (Å²) in [5, 5.41) is 2.58. The zero-order valence-electron chi connectivity index (χ0n) is 16.3. The molecule has 1 saturated heterocycles. The molecule has 1 N–H and O–H groups in total. The third-order valence-electron chi connectivity index (χ3n) is 4.68. The van der Waals surface area contributed by atoms with E-state index in [4.69, 9.17) is 4.74 Å². The van der Waals surface area contributed by atoms with Crippen LogP contribution in [0.3, 0.4) is 0 Å². The second-order valence-corrected chi connectivity index (χ2v) is 8.67. The molecule has 9 heteroatoms. The van der Waals surface area contributed by atoms with Gasteiger partial charge >= 0.3 is 5.97 Å². The zero-order chi connectivity index (χ0) is 20.9. The lowest BCUT2D eigenvalue weighted by molar-refractivity contribution is -0.159. The van der Waals surface area contributed by atoms with Crippen molar-refractivity contribution < 1.29 is 27.5 Å². The average Bonchev–Trinajstić information content (AvgIpc) is 2.68. The van der Waals surface area contributed by atoms with Gasteiger partial charge in [0.2, 0.25) is 10.0 Å². The van der Waals surface area contributed by atoms with Crippen molar-refractivity contribution >= 4 is 27.7 Å². The van der Waals surface area contributed by atoms with Gasteiger partial charge in [0.25, 0.3) is 5.91 Å². The number of hydrogen-bond acceptors (Lipinski definition) is 6. The molecule has 1 atom stereocenters. The van der Waals surface area contributed by atoms with E-state index in [1.54, 1.807) is 13.0 Å². The Morgan fingerprint density at radius 3 is 2.46 bits per heavy atom. The minimum atomic E-state index is -3.75. The van der Waals surface area contributed by atoms with Gasteiger partial charge in [-0.15, -0.1) is 0 Å². The predicted octanol–water partition coefficient (Wildman–Crippen LogP) is 1.36. The third-order valence-corrected chi connectivity index (χ3v) is 6.57. The summed E-state index contributed by atoms with van der Waals surface area (Å²) in [5.74, 6) is -1.51. The maximum Gasteiger partial charge on any atom is 0.309 e. The van der Waals surface area contributed by atoms with Crippen molar-refractivity contribution in [3.63, 3.8) is 0 Å². The van der Waals surface area contributed by atoms with Crippen molar-refractivity contribution in [3.8, 4) is 0 Å². The number of ketones is 1. The van der Waals surface area contributed by atoms with Crippen molar-refractivity contribution in [1.82, 2.24) is 9.62 Å². The van der Waals surface area contributed by atoms with Crippen molar-refractivity contribution in [1.29, 1.82) is 0 Å². The molecule has 2 rings (SSSR count). The van der Waals surface area contributed by atoms with Gasteiger partial charge in [0, 0.05) is 25.2 Å². The fourth-order valence-electron chi connectivity index (χ4n) is 3.00. The molecule has 1 aliphatic rings. The summed E-state index contributed by atoms with van der Waals surface area (Å²) in [6.45, 7) is 5.44. The number of nitrogens with one attached hydrogen (secondary N) is 1. The van der Waals surface area contributed by atoms with E-state index in [2.05, 4.69) is 5.32 Å². The van der Waals surface area contributed by atoms with Crippen molar-refractivity contribution in [2.75, 3.05) is 19.6 Å². The van der Waals surface area contributed by atoms with E-state index >= 15 is 0 Å². The Labute approximate surface area is 165 Å². The summed E-state index contributed by atoms with van der Waals surface area (Å²) in [6, 6.07) is 5.93. The molecular weight excluding hydrogens is 384 g/mol. The molecule has 0 aliphatic carbocycles. The van der Waals surface area contributed by atoms with Crippen LogP contribution < -0.4 is 5.32 Å². The highest BCUT2D eigenvalue weighted by atomic mass is 32.2. The number of likely N-dealkylation sites (N-methyl/N-ethyl adjacent to an activating group) is 1. The molecule has 0 saturated carbocycles. The Morgan fingerprint density at radius 2 is 1.89 bits per heavy atom. The highest BCUT2D eigenvalue weighted by Crippen LogP contribution is 2.25. The number of rotatable bonds is 7. The topological polar surface area (TPSA) is 110 Å². The van der Waals surface area contributed by atoms with Crippen LogP contribution in [0.4, 0.5) is 0 Å². The second kappa shape index (κ2) is 9.29. The molecule has 1 fully saturated rings. The van der Waals surface area contributed by atoms with Crippen LogP contribution in [0.2, 0.25) is 0 Å². The van der Waals surface area contributed by atoms with E-state index in [-0.39, 0.29) is 29.7 Å². The molecule has 1 heterocycles. The number of esters is 1. The van der Waals surface area contributed by atoms with E-state index in [1.165, 1.54) is 36.4 Å². The number of carbonyl (C=O) groups is 3. The van der Waals surface area contributed by atoms with Crippen LogP contribution >= 0.6 is 0 Å². The maximum atomic E-state index is 12.8. The van der Waals surface area contributed by atoms with Crippen LogP contribution in [0.1, 0.15) is 44.0 Å². The Bertz CT molecular complexity index is 844. The average molecular weight is 410 g/mol. The summed E-state index contributed by atoms with van der Waals surface area (Å²) < 4.78 is 32.2. The predicted molar refractivity (Wildman–Crippen MR) is 102 cm³/mol. The molecule has 28 heavy (non-hydrogen) atoms. The summed E-state index contributed by atoms with van der Waals surface area (Å²) in [5.41, 5.74) is 0.332. The van der Waals surface area contributed by atoms with Gasteiger partial charge in [0.15, 0.2) is 11.9 Å². The first-order chi connectivity index (χ1) is 13.2. The van der Waals surface area contributed by atoms with Gasteiger partial charge in [0.1, 0.15) is 0 Å². The normalized spacial score (nSPS) is 17.0. The van der Waals surface area contributed by atoms with Gasteiger partial charge < -0.3 is 10.1 Å². The number of carbonyl (C=O) groups excluding carboxylic acids is 3. The lowest BCUT2D eigenvalue weighted by atomic mass is 9.98. The fourth-order valence-corrected chi connectivity index (χ4v) is 4.51. The lowest BCUT2D eigenvalue weighted by Crippen LogP contribution is -2.42. The molecule has 0 unspecified atom stereocenters. The Balaban J connectivity index is 1.99. The van der Waals surface area contributed by atoms with Crippen LogP contribution in [-0.4, -0.2) is 56.1 Å². The first kappa shape index (κ1) is 22.0. The van der Waals surface area contributed by atoms with E-state index < -0.39 is 28.0 Å². The zero-order valence-corrected chi connectivity index (χ0v) is 17.1. The highest BCUT2D eigenvalue weighted by Gasteiger charge is 2.34. The summed E-state index contributed by atoms with van der Waals surface area (Å²) in [4.78, 5) is 35.5. The Morgan fingerprint density at radius 1 is 1.25 bits per heavy atom. The maximum absolute atomic E-state index is 12.8. The van der Waals surface area contributed by atoms with Crippen LogP contribution in [0.15, 0.2) is 29.2 Å². The van der Waals surface area contributed by atoms with Crippen molar-refractivity contribution in [3.05, 3.63) is 29.8 Å². The SMILES string of the molecule is CCNC(=O)[C@@H](C)OC(=O)C1CCN(S(=O)(=O)c2cccc(C(C)=O)c2)CC1. The van der Waals surface area contributed by atoms with E-state index in [9.17, 15) is 22.8 Å². The lowest BCUT2D eigenvalue weighted by Gasteiger charge is -2.30. The molecule has 1 aromatic rings. The van der Waals surface area contributed by atoms with Crippen LogP contribution in [0, 0.1) is 5.92 Å². The van der Waals surface area contributed by atoms with Gasteiger partial charge in [0.05, 0.1) is 10.8 Å². The molecule has 0 bridgehead atoms. The molecule has 1 aromatic carbocycles. The number of nitrogens with zero attached hydrogens (tertiary/aromatic N) is 1. The van der Waals surface area contributed by atoms with E-state index in [1.807, 2.05) is 0 Å². The van der Waals surface area contributed by atoms with Gasteiger partial charge in [-0.05, 0) is 45.7 Å². The molecular formula is C19H26N2O6S. The monoisotopic (exact) mass is 410 g/mol. The number of ether oxygens (including phenoxy) is 1. The van der Waals surface area contributed by atoms with Crippen LogP contribution in [0.25, 0.3) is 0 Å². The third kappa shape index (κ3) is 5.17. The smallest absolute Gasteiger partial charge is 0.309 e. The number of Topliss-reactive ketones (excluding diaryl/α,β-unsaturated/α-hetero) is 1. The van der Waals surface area contributed by atoms with Crippen LogP contribution in [0.5, 0.6) is 0 Å². The standard InChI is InChI=1S/C19H26N2O6S/c1-4-20-18(23)14(3)27-19(24)15-8-10-21(11-9-15)28(25,26)17-7-5-6-16(12-17)13(2)22/h5-7,12,14-15H,4,8-11H2,1-3H3,(H,20,23)/t14-/m1/s1. The second-order valence-electron chi connectivity index (χ2n) is 6.74. The fraction of sp³-hybridized carbons (Fsp3) is 0.526. The van der Waals surface area contributed by atoms with Gasteiger partial charge in [-0.2, -0.15) is 4.31 Å². The first-order valence-electron chi connectivity index (χ1n) is 9.26. The Hall–Kier alpha value is -2.26. The number of piperidine rings is 1. The summed E-state index contributed by atoms with van der Waals surface area (Å²) in [7, 11) is -3.75. The Kier molecular flexibility index (Phi) is 7.31. The quantitative estimate of drug-likeness (QED) is 0.537. The van der Waals surface area contributed by atoms with Crippen molar-refractivity contribution in [2.45, 2.75) is 44.6 Å². The minimum Gasteiger partial charge on any atom is -0.452 e. The summed E-state index contributed by atoms with van der Waals surface area (Å²) in [6.07, 6.45) is -0.261. The molecule has 8 nitrogen and oxygen atoms in total. The van der Waals surface area contributed by atoms with E-state index in [0.717, 1.165) is 0 Å². The molecule has 0 radical (unpaired) electrons. The van der Waals surface area contributed by atoms with Crippen molar-refractivity contribution in [2.24, 2.45) is 5.92 Å². The van der Waals surface area contributed by atoms with E-state index in [0.29, 0.717) is 24.9 Å². The molecule has 0 aromatic heterocycles. The number of hydrogen-bond donors (Lipinski definition) is 1. The number of amides is 1.